The van der Waals surface area contributed by atoms with Crippen molar-refractivity contribution in [3.63, 3.8) is 0 Å². The van der Waals surface area contributed by atoms with Crippen molar-refractivity contribution in [3.05, 3.63) is 70.3 Å². The zero-order valence-electron chi connectivity index (χ0n) is 22.3. The fourth-order valence-corrected chi connectivity index (χ4v) is 4.67. The normalized spacial score (nSPS) is 17.4. The van der Waals surface area contributed by atoms with Crippen LogP contribution in [0.4, 0.5) is 5.69 Å². The summed E-state index contributed by atoms with van der Waals surface area (Å²) < 4.78 is 5.21. The van der Waals surface area contributed by atoms with Crippen LogP contribution in [-0.2, 0) is 9.59 Å². The fourth-order valence-electron chi connectivity index (χ4n) is 4.03. The molecule has 40 heavy (non-hydrogen) atoms. The molecule has 1 saturated heterocycles. The molecule has 216 valence electrons. The highest BCUT2D eigenvalue weighted by Gasteiger charge is 2.32. The van der Waals surface area contributed by atoms with E-state index in [9.17, 15) is 14.7 Å². The Morgan fingerprint density at radius 3 is 2.35 bits per heavy atom. The Balaban J connectivity index is 0.000000415. The number of hydrogen-bond acceptors (Lipinski definition) is 6. The van der Waals surface area contributed by atoms with Crippen LogP contribution >= 0.6 is 46.4 Å². The summed E-state index contributed by atoms with van der Waals surface area (Å²) in [6.07, 6.45) is 1.35. The van der Waals surface area contributed by atoms with Crippen molar-refractivity contribution in [1.82, 2.24) is 15.8 Å². The van der Waals surface area contributed by atoms with Gasteiger partial charge in [0, 0.05) is 46.5 Å². The highest BCUT2D eigenvalue weighted by atomic mass is 35.5. The number of aliphatic hydroxyl groups is 1. The number of amides is 2. The highest BCUT2D eigenvalue weighted by Crippen LogP contribution is 2.27. The molecular formula is C28H32Cl4N4O4. The van der Waals surface area contributed by atoms with E-state index in [2.05, 4.69) is 15.8 Å². The van der Waals surface area contributed by atoms with Crippen LogP contribution < -0.4 is 15.5 Å². The molecule has 0 saturated carbocycles. The van der Waals surface area contributed by atoms with Gasteiger partial charge in [0.25, 0.3) is 5.91 Å². The van der Waals surface area contributed by atoms with Crippen molar-refractivity contribution in [3.8, 4) is 11.3 Å². The molecule has 0 radical (unpaired) electrons. The molecule has 1 fully saturated rings. The fraction of sp³-hybridized carbons (Fsp3) is 0.393. The molecule has 1 aromatic heterocycles. The number of alkyl halides is 2. The minimum atomic E-state index is -1.26. The SMILES string of the molecule is CC(C)C(CN(C(=O)C(Cl)Cl)c1cccc(-c2ccno2)c1)NC(=O)C1CC(O)CN1.Cc1c(Cl)cccc1Cl. The molecule has 12 heteroatoms. The number of hydrogen-bond donors (Lipinski definition) is 3. The lowest BCUT2D eigenvalue weighted by Gasteiger charge is -2.31. The molecule has 2 aromatic carbocycles. The molecule has 1 aliphatic rings. The summed E-state index contributed by atoms with van der Waals surface area (Å²) in [6.45, 7) is 6.35. The molecule has 2 amide bonds. The molecular weight excluding hydrogens is 598 g/mol. The van der Waals surface area contributed by atoms with Crippen LogP contribution in [0.3, 0.4) is 0 Å². The van der Waals surface area contributed by atoms with E-state index in [1.807, 2.05) is 45.0 Å². The molecule has 0 bridgehead atoms. The third-order valence-electron chi connectivity index (χ3n) is 6.47. The Kier molecular flexibility index (Phi) is 12.1. The molecule has 1 aliphatic heterocycles. The van der Waals surface area contributed by atoms with Gasteiger partial charge < -0.3 is 25.2 Å². The Hall–Kier alpha value is -2.33. The smallest absolute Gasteiger partial charge is 0.260 e. The molecule has 8 nitrogen and oxygen atoms in total. The van der Waals surface area contributed by atoms with E-state index in [0.717, 1.165) is 21.2 Å². The highest BCUT2D eigenvalue weighted by molar-refractivity contribution is 6.54. The predicted molar refractivity (Wildman–Crippen MR) is 160 cm³/mol. The van der Waals surface area contributed by atoms with Crippen LogP contribution in [0.15, 0.2) is 59.3 Å². The Bertz CT molecular complexity index is 1250. The van der Waals surface area contributed by atoms with Gasteiger partial charge in [0.15, 0.2) is 10.6 Å². The van der Waals surface area contributed by atoms with Gasteiger partial charge in [-0.15, -0.1) is 0 Å². The van der Waals surface area contributed by atoms with Gasteiger partial charge in [-0.2, -0.15) is 0 Å². The summed E-state index contributed by atoms with van der Waals surface area (Å²) >= 11 is 23.3. The van der Waals surface area contributed by atoms with E-state index >= 15 is 0 Å². The van der Waals surface area contributed by atoms with Crippen molar-refractivity contribution >= 4 is 63.9 Å². The first-order valence-corrected chi connectivity index (χ1v) is 14.3. The first-order chi connectivity index (χ1) is 19.0. The number of halogens is 4. The lowest BCUT2D eigenvalue weighted by molar-refractivity contribution is -0.124. The maximum absolute atomic E-state index is 12.9. The first-order valence-electron chi connectivity index (χ1n) is 12.7. The van der Waals surface area contributed by atoms with E-state index < -0.39 is 22.9 Å². The Labute approximate surface area is 253 Å². The number of aliphatic hydroxyl groups excluding tert-OH is 1. The van der Waals surface area contributed by atoms with Gasteiger partial charge in [-0.05, 0) is 49.1 Å². The lowest BCUT2D eigenvalue weighted by Crippen LogP contribution is -2.53. The molecule has 3 N–H and O–H groups in total. The zero-order valence-corrected chi connectivity index (χ0v) is 25.3. The van der Waals surface area contributed by atoms with Crippen molar-refractivity contribution in [2.45, 2.75) is 50.2 Å². The summed E-state index contributed by atoms with van der Waals surface area (Å²) in [7, 11) is 0. The number of benzene rings is 2. The average molecular weight is 630 g/mol. The molecule has 4 rings (SSSR count). The number of β-amino-alcohol motifs (C(OH)–C–C–N with tert-alkyl or cyclic N) is 1. The van der Waals surface area contributed by atoms with Gasteiger partial charge in [0.05, 0.1) is 18.3 Å². The van der Waals surface area contributed by atoms with Gasteiger partial charge in [-0.25, -0.2) is 0 Å². The van der Waals surface area contributed by atoms with Crippen LogP contribution in [0.2, 0.25) is 10.0 Å². The first kappa shape index (κ1) is 32.2. The topological polar surface area (TPSA) is 108 Å². The van der Waals surface area contributed by atoms with E-state index in [4.69, 9.17) is 50.9 Å². The monoisotopic (exact) mass is 628 g/mol. The second kappa shape index (κ2) is 15.1. The van der Waals surface area contributed by atoms with Crippen molar-refractivity contribution in [2.24, 2.45) is 5.92 Å². The van der Waals surface area contributed by atoms with Crippen molar-refractivity contribution < 1.29 is 19.2 Å². The number of carbonyl (C=O) groups is 2. The van der Waals surface area contributed by atoms with Gasteiger partial charge in [-0.1, -0.05) is 83.6 Å². The summed E-state index contributed by atoms with van der Waals surface area (Å²) in [6, 6.07) is 13.5. The van der Waals surface area contributed by atoms with E-state index in [-0.39, 0.29) is 24.4 Å². The summed E-state index contributed by atoms with van der Waals surface area (Å²) in [4.78, 5) is 25.7. The summed E-state index contributed by atoms with van der Waals surface area (Å²) in [5.41, 5.74) is 2.25. The third-order valence-corrected chi connectivity index (χ3v) is 7.66. The van der Waals surface area contributed by atoms with Crippen LogP contribution in [0.25, 0.3) is 11.3 Å². The molecule has 0 spiro atoms. The van der Waals surface area contributed by atoms with E-state index in [1.165, 1.54) is 11.1 Å². The third kappa shape index (κ3) is 8.83. The summed E-state index contributed by atoms with van der Waals surface area (Å²) in [5, 5.41) is 20.8. The lowest BCUT2D eigenvalue weighted by atomic mass is 10.0. The number of carbonyl (C=O) groups excluding carboxylic acids is 2. The molecule has 3 atom stereocenters. The number of nitrogens with zero attached hydrogens (tertiary/aromatic N) is 2. The van der Waals surface area contributed by atoms with Crippen LogP contribution in [0.5, 0.6) is 0 Å². The van der Waals surface area contributed by atoms with E-state index in [0.29, 0.717) is 24.4 Å². The average Bonchev–Trinajstić information content (AvgIpc) is 3.62. The Morgan fingerprint density at radius 1 is 1.15 bits per heavy atom. The quantitative estimate of drug-likeness (QED) is 0.278. The number of anilines is 1. The zero-order chi connectivity index (χ0) is 29.4. The predicted octanol–water partition coefficient (Wildman–Crippen LogP) is 5.64. The molecule has 2 heterocycles. The van der Waals surface area contributed by atoms with Crippen molar-refractivity contribution in [1.29, 1.82) is 0 Å². The maximum atomic E-state index is 12.9. The molecule has 3 unspecified atom stereocenters. The van der Waals surface area contributed by atoms with Gasteiger partial charge in [0.1, 0.15) is 0 Å². The van der Waals surface area contributed by atoms with Crippen LogP contribution in [0.1, 0.15) is 25.8 Å². The van der Waals surface area contributed by atoms with E-state index in [1.54, 1.807) is 24.3 Å². The maximum Gasteiger partial charge on any atom is 0.260 e. The van der Waals surface area contributed by atoms with Gasteiger partial charge >= 0.3 is 0 Å². The molecule has 0 aliphatic carbocycles. The largest absolute Gasteiger partial charge is 0.392 e. The molecule has 3 aromatic rings. The number of nitrogens with one attached hydrogen (secondary N) is 2. The number of rotatable bonds is 8. The summed E-state index contributed by atoms with van der Waals surface area (Å²) in [5.74, 6) is -0.131. The van der Waals surface area contributed by atoms with Crippen LogP contribution in [-0.4, -0.2) is 58.2 Å². The second-order valence-electron chi connectivity index (χ2n) is 9.73. The Morgan fingerprint density at radius 2 is 1.82 bits per heavy atom. The number of aromatic nitrogens is 1. The second-order valence-corrected chi connectivity index (χ2v) is 11.6. The standard InChI is InChI=1S/C21H26Cl2N4O4.C7H6Cl2/c1-12(2)17(26-20(29)16-9-15(28)10-24-16)11-27(21(30)19(22)23)14-5-3-4-13(8-14)18-6-7-25-31-18;1-5-6(8)3-2-4-7(5)9/h3-8,12,15-17,19,24,28H,9-11H2,1-2H3,(H,26,29);2-4H,1H3. The van der Waals surface area contributed by atoms with Gasteiger partial charge in [-0.3, -0.25) is 9.59 Å². The van der Waals surface area contributed by atoms with Gasteiger partial charge in [0.2, 0.25) is 5.91 Å². The van der Waals surface area contributed by atoms with Crippen LogP contribution in [0, 0.1) is 12.8 Å². The minimum Gasteiger partial charge on any atom is -0.392 e. The van der Waals surface area contributed by atoms with Crippen molar-refractivity contribution in [2.75, 3.05) is 18.0 Å². The minimum absolute atomic E-state index is 0.0205.